The van der Waals surface area contributed by atoms with Crippen LogP contribution in [-0.4, -0.2) is 20.3 Å². The van der Waals surface area contributed by atoms with E-state index in [-0.39, 0.29) is 0 Å². The number of halogens is 3. The zero-order valence-electron chi connectivity index (χ0n) is 8.32. The minimum absolute atomic E-state index is 0.777. The molecule has 0 saturated heterocycles. The van der Waals surface area contributed by atoms with Crippen LogP contribution < -0.4 is 5.32 Å². The van der Waals surface area contributed by atoms with Crippen LogP contribution in [0.5, 0.6) is 0 Å². The fourth-order valence-corrected chi connectivity index (χ4v) is 3.68. The Labute approximate surface area is 115 Å². The summed E-state index contributed by atoms with van der Waals surface area (Å²) in [6.07, 6.45) is 0.992. The van der Waals surface area contributed by atoms with Gasteiger partial charge in [-0.3, -0.25) is 0 Å². The van der Waals surface area contributed by atoms with Crippen molar-refractivity contribution in [1.29, 1.82) is 0 Å². The molecule has 84 valence electrons. The Morgan fingerprint density at radius 2 is 1.80 bits per heavy atom. The number of anilines is 1. The Bertz CT molecular complexity index is 307. The lowest BCUT2D eigenvalue weighted by Gasteiger charge is -2.11. The molecule has 0 amide bonds. The highest BCUT2D eigenvalue weighted by Crippen LogP contribution is 2.34. The molecule has 0 radical (unpaired) electrons. The van der Waals surface area contributed by atoms with Gasteiger partial charge in [-0.1, -0.05) is 15.9 Å². The van der Waals surface area contributed by atoms with Crippen LogP contribution >= 0.6 is 47.8 Å². The first kappa shape index (κ1) is 13.5. The van der Waals surface area contributed by atoms with E-state index in [4.69, 9.17) is 4.74 Å². The normalized spacial score (nSPS) is 10.4. The smallest absolute Gasteiger partial charge is 0.0629 e. The van der Waals surface area contributed by atoms with Gasteiger partial charge in [-0.25, -0.2) is 0 Å². The van der Waals surface area contributed by atoms with E-state index in [0.717, 1.165) is 38.7 Å². The lowest BCUT2D eigenvalue weighted by Crippen LogP contribution is -2.05. The van der Waals surface area contributed by atoms with Crippen molar-refractivity contribution in [3.05, 3.63) is 25.6 Å². The van der Waals surface area contributed by atoms with Crippen LogP contribution in [0.2, 0.25) is 0 Å². The zero-order chi connectivity index (χ0) is 11.3. The maximum Gasteiger partial charge on any atom is 0.0629 e. The van der Waals surface area contributed by atoms with Gasteiger partial charge < -0.3 is 10.1 Å². The molecule has 0 aliphatic rings. The standard InChI is InChI=1S/C10H12Br3NO/c1-15-4-2-3-14-10-8(12)5-7(11)6-9(10)13/h5-6,14H,2-4H2,1H3. The van der Waals surface area contributed by atoms with Crippen molar-refractivity contribution >= 4 is 53.5 Å². The van der Waals surface area contributed by atoms with Gasteiger partial charge in [0.25, 0.3) is 0 Å². The highest BCUT2D eigenvalue weighted by molar-refractivity contribution is 9.11. The van der Waals surface area contributed by atoms with Gasteiger partial charge in [0, 0.05) is 33.7 Å². The number of nitrogens with one attached hydrogen (secondary N) is 1. The average Bonchev–Trinajstić information content (AvgIpc) is 2.15. The molecule has 0 heterocycles. The molecule has 1 rings (SSSR count). The summed E-state index contributed by atoms with van der Waals surface area (Å²) in [5.41, 5.74) is 1.08. The van der Waals surface area contributed by atoms with E-state index >= 15 is 0 Å². The Kier molecular flexibility index (Phi) is 6.19. The summed E-state index contributed by atoms with van der Waals surface area (Å²) in [5.74, 6) is 0. The molecule has 15 heavy (non-hydrogen) atoms. The molecule has 0 aliphatic heterocycles. The molecule has 0 unspecified atom stereocenters. The third-order valence-electron chi connectivity index (χ3n) is 1.83. The molecule has 0 spiro atoms. The molecular formula is C10H12Br3NO. The summed E-state index contributed by atoms with van der Waals surface area (Å²) < 4.78 is 8.12. The Hall–Kier alpha value is 0.420. The molecule has 0 fully saturated rings. The molecule has 0 saturated carbocycles. The number of benzene rings is 1. The summed E-state index contributed by atoms with van der Waals surface area (Å²) in [7, 11) is 1.71. The first-order valence-electron chi connectivity index (χ1n) is 4.52. The molecule has 1 aromatic rings. The summed E-state index contributed by atoms with van der Waals surface area (Å²) in [4.78, 5) is 0. The monoisotopic (exact) mass is 399 g/mol. The molecule has 2 nitrogen and oxygen atoms in total. The van der Waals surface area contributed by atoms with E-state index in [1.807, 2.05) is 12.1 Å². The summed E-state index contributed by atoms with van der Waals surface area (Å²) >= 11 is 10.5. The molecule has 1 N–H and O–H groups in total. The van der Waals surface area contributed by atoms with Crippen molar-refractivity contribution in [2.75, 3.05) is 25.6 Å². The van der Waals surface area contributed by atoms with Gasteiger partial charge >= 0.3 is 0 Å². The van der Waals surface area contributed by atoms with E-state index in [1.54, 1.807) is 7.11 Å². The molecule has 0 bridgehead atoms. The fraction of sp³-hybridized carbons (Fsp3) is 0.400. The predicted octanol–water partition coefficient (Wildman–Crippen LogP) is 4.42. The number of hydrogen-bond donors (Lipinski definition) is 1. The topological polar surface area (TPSA) is 21.3 Å². The van der Waals surface area contributed by atoms with E-state index in [0.29, 0.717) is 0 Å². The van der Waals surface area contributed by atoms with Crippen LogP contribution in [0.25, 0.3) is 0 Å². The molecule has 1 aromatic carbocycles. The quantitative estimate of drug-likeness (QED) is 0.737. The molecular weight excluding hydrogens is 390 g/mol. The van der Waals surface area contributed by atoms with Crippen LogP contribution in [0, 0.1) is 0 Å². The Morgan fingerprint density at radius 3 is 2.33 bits per heavy atom. The molecule has 0 aromatic heterocycles. The molecule has 5 heteroatoms. The highest BCUT2D eigenvalue weighted by atomic mass is 79.9. The first-order valence-corrected chi connectivity index (χ1v) is 6.90. The van der Waals surface area contributed by atoms with Crippen LogP contribution in [0.4, 0.5) is 5.69 Å². The van der Waals surface area contributed by atoms with Gasteiger partial charge in [0.05, 0.1) is 5.69 Å². The number of methoxy groups -OCH3 is 1. The van der Waals surface area contributed by atoms with Crippen molar-refractivity contribution in [2.45, 2.75) is 6.42 Å². The van der Waals surface area contributed by atoms with Gasteiger partial charge in [0.1, 0.15) is 0 Å². The SMILES string of the molecule is COCCCNc1c(Br)cc(Br)cc1Br. The first-order chi connectivity index (χ1) is 7.15. The third-order valence-corrected chi connectivity index (χ3v) is 3.54. The van der Waals surface area contributed by atoms with Crippen LogP contribution in [0.1, 0.15) is 6.42 Å². The Morgan fingerprint density at radius 1 is 1.20 bits per heavy atom. The van der Waals surface area contributed by atoms with E-state index in [1.165, 1.54) is 0 Å². The second-order valence-electron chi connectivity index (χ2n) is 3.02. The number of hydrogen-bond acceptors (Lipinski definition) is 2. The second kappa shape index (κ2) is 6.89. The lowest BCUT2D eigenvalue weighted by atomic mass is 10.3. The lowest BCUT2D eigenvalue weighted by molar-refractivity contribution is 0.198. The van der Waals surface area contributed by atoms with E-state index in [2.05, 4.69) is 53.1 Å². The van der Waals surface area contributed by atoms with Crippen molar-refractivity contribution < 1.29 is 4.74 Å². The third kappa shape index (κ3) is 4.43. The largest absolute Gasteiger partial charge is 0.385 e. The highest BCUT2D eigenvalue weighted by Gasteiger charge is 2.05. The zero-order valence-corrected chi connectivity index (χ0v) is 13.1. The van der Waals surface area contributed by atoms with Crippen molar-refractivity contribution in [2.24, 2.45) is 0 Å². The maximum atomic E-state index is 4.99. The van der Waals surface area contributed by atoms with Gasteiger partial charge in [0.2, 0.25) is 0 Å². The number of rotatable bonds is 5. The van der Waals surface area contributed by atoms with Crippen LogP contribution in [0.15, 0.2) is 25.6 Å². The van der Waals surface area contributed by atoms with Crippen LogP contribution in [-0.2, 0) is 4.74 Å². The minimum Gasteiger partial charge on any atom is -0.385 e. The fourth-order valence-electron chi connectivity index (χ4n) is 1.14. The Balaban J connectivity index is 2.60. The summed E-state index contributed by atoms with van der Waals surface area (Å²) in [6.45, 7) is 1.67. The summed E-state index contributed by atoms with van der Waals surface area (Å²) in [5, 5.41) is 3.35. The van der Waals surface area contributed by atoms with Gasteiger partial charge in [-0.05, 0) is 50.4 Å². The van der Waals surface area contributed by atoms with Crippen molar-refractivity contribution in [3.63, 3.8) is 0 Å². The van der Waals surface area contributed by atoms with E-state index in [9.17, 15) is 0 Å². The molecule has 0 aliphatic carbocycles. The average molecular weight is 402 g/mol. The summed E-state index contributed by atoms with van der Waals surface area (Å²) in [6, 6.07) is 4.03. The number of ether oxygens (including phenoxy) is 1. The van der Waals surface area contributed by atoms with Crippen LogP contribution in [0.3, 0.4) is 0 Å². The predicted molar refractivity (Wildman–Crippen MR) is 74.5 cm³/mol. The van der Waals surface area contributed by atoms with Gasteiger partial charge in [0.15, 0.2) is 0 Å². The second-order valence-corrected chi connectivity index (χ2v) is 5.64. The minimum atomic E-state index is 0.777. The van der Waals surface area contributed by atoms with E-state index < -0.39 is 0 Å². The van der Waals surface area contributed by atoms with Crippen molar-refractivity contribution in [3.8, 4) is 0 Å². The van der Waals surface area contributed by atoms with Crippen molar-refractivity contribution in [1.82, 2.24) is 0 Å². The maximum absolute atomic E-state index is 4.99. The van der Waals surface area contributed by atoms with Gasteiger partial charge in [-0.2, -0.15) is 0 Å². The van der Waals surface area contributed by atoms with Gasteiger partial charge in [-0.15, -0.1) is 0 Å². The molecule has 0 atom stereocenters.